The van der Waals surface area contributed by atoms with Gasteiger partial charge in [-0.05, 0) is 42.5 Å². The Balaban J connectivity index is 1.25. The minimum absolute atomic E-state index is 0.0671. The van der Waals surface area contributed by atoms with Gasteiger partial charge in [-0.3, -0.25) is 24.2 Å². The Morgan fingerprint density at radius 2 is 1.97 bits per heavy atom. The third-order valence-corrected chi connectivity index (χ3v) is 5.44. The summed E-state index contributed by atoms with van der Waals surface area (Å²) in [6, 6.07) is 11.2. The molecule has 5 rings (SSSR count). The number of halogens is 2. The first kappa shape index (κ1) is 20.1. The van der Waals surface area contributed by atoms with Crippen molar-refractivity contribution in [2.24, 2.45) is 0 Å². The fourth-order valence-corrected chi connectivity index (χ4v) is 3.86. The number of carbonyl (C=O) groups is 2. The van der Waals surface area contributed by atoms with E-state index in [2.05, 4.69) is 20.6 Å². The molecule has 0 radical (unpaired) electrons. The van der Waals surface area contributed by atoms with Crippen molar-refractivity contribution in [1.29, 1.82) is 0 Å². The van der Waals surface area contributed by atoms with Crippen molar-refractivity contribution < 1.29 is 14.0 Å². The van der Waals surface area contributed by atoms with Gasteiger partial charge in [0.1, 0.15) is 11.5 Å². The minimum Gasteiger partial charge on any atom is -0.383 e. The fourth-order valence-electron chi connectivity index (χ4n) is 3.69. The normalized spacial score (nSPS) is 13.1. The van der Waals surface area contributed by atoms with E-state index >= 15 is 0 Å². The van der Waals surface area contributed by atoms with E-state index in [0.29, 0.717) is 29.5 Å². The third-order valence-electron chi connectivity index (χ3n) is 5.20. The van der Waals surface area contributed by atoms with Crippen LogP contribution in [-0.4, -0.2) is 38.2 Å². The van der Waals surface area contributed by atoms with E-state index < -0.39 is 17.5 Å². The number of fused-ring (bicyclic) bond motifs is 2. The average molecular weight is 451 g/mol. The molecule has 8 nitrogen and oxygen atoms in total. The van der Waals surface area contributed by atoms with E-state index in [1.807, 2.05) is 24.3 Å². The lowest BCUT2D eigenvalue weighted by Crippen LogP contribution is -2.29. The second-order valence-corrected chi connectivity index (χ2v) is 7.74. The number of nitrogens with one attached hydrogen (secondary N) is 1. The van der Waals surface area contributed by atoms with Crippen LogP contribution in [0.1, 0.15) is 16.1 Å². The molecule has 1 N–H and O–H groups in total. The topological polar surface area (TPSA) is 93.0 Å². The first-order valence-electron chi connectivity index (χ1n) is 9.82. The fraction of sp³-hybridized carbons (Fsp3) is 0.136. The number of aromatic nitrogens is 4. The molecule has 4 aromatic rings. The number of ketones is 1. The largest absolute Gasteiger partial charge is 0.383 e. The Morgan fingerprint density at radius 3 is 2.84 bits per heavy atom. The van der Waals surface area contributed by atoms with Crippen molar-refractivity contribution in [2.75, 3.05) is 16.8 Å². The lowest BCUT2D eigenvalue weighted by Gasteiger charge is -2.14. The van der Waals surface area contributed by atoms with E-state index in [-0.39, 0.29) is 12.1 Å². The molecule has 0 unspecified atom stereocenters. The van der Waals surface area contributed by atoms with Crippen LogP contribution in [0.15, 0.2) is 54.9 Å². The van der Waals surface area contributed by atoms with E-state index in [0.717, 1.165) is 22.7 Å². The number of rotatable bonds is 6. The Kier molecular flexibility index (Phi) is 5.02. The summed E-state index contributed by atoms with van der Waals surface area (Å²) in [7, 11) is 0. The number of anilines is 2. The number of carbonyl (C=O) groups excluding carboxylic acids is 2. The van der Waals surface area contributed by atoms with E-state index in [9.17, 15) is 14.0 Å². The number of hydrogen-bond donors (Lipinski definition) is 1. The Morgan fingerprint density at radius 1 is 1.09 bits per heavy atom. The molecule has 2 aromatic heterocycles. The second-order valence-electron chi connectivity index (χ2n) is 7.30. The molecule has 160 valence electrons. The maximum Gasteiger partial charge on any atom is 0.299 e. The molecule has 1 aliphatic rings. The van der Waals surface area contributed by atoms with Crippen molar-refractivity contribution in [2.45, 2.75) is 13.1 Å². The highest BCUT2D eigenvalue weighted by Gasteiger charge is 2.36. The third kappa shape index (κ3) is 3.67. The molecule has 10 heteroatoms. The van der Waals surface area contributed by atoms with Crippen molar-refractivity contribution in [1.82, 2.24) is 20.0 Å². The summed E-state index contributed by atoms with van der Waals surface area (Å²) in [6.07, 6.45) is 3.43. The molecule has 2 aromatic carbocycles. The zero-order chi connectivity index (χ0) is 22.2. The van der Waals surface area contributed by atoms with E-state index in [4.69, 9.17) is 11.6 Å². The Bertz CT molecular complexity index is 1370. The van der Waals surface area contributed by atoms with Gasteiger partial charge in [0.25, 0.3) is 11.7 Å². The molecule has 0 aliphatic carbocycles. The Hall–Kier alpha value is -3.85. The van der Waals surface area contributed by atoms with Gasteiger partial charge >= 0.3 is 0 Å². The number of Topliss-reactive ketones (excluding diaryl/α,β-unsaturated/α-hetero) is 1. The standard InChI is InChI=1S/C22H16ClFN6O2/c23-13-1-3-16-18(5-6-25-19(16)9-13)26-7-8-29-11-15(27-28-29)12-30-20-4-2-14(24)10-17(20)21(31)22(30)32/h1-6,9-11H,7-8,12H2,(H,25,26). The summed E-state index contributed by atoms with van der Waals surface area (Å²) in [6.45, 7) is 1.18. The number of pyridine rings is 1. The lowest BCUT2D eigenvalue weighted by molar-refractivity contribution is -0.114. The quantitative estimate of drug-likeness (QED) is 0.452. The maximum absolute atomic E-state index is 13.4. The molecule has 1 amide bonds. The van der Waals surface area contributed by atoms with Crippen molar-refractivity contribution in [3.63, 3.8) is 0 Å². The summed E-state index contributed by atoms with van der Waals surface area (Å²) < 4.78 is 15.1. The van der Waals surface area contributed by atoms with Gasteiger partial charge in [0.05, 0.1) is 36.1 Å². The van der Waals surface area contributed by atoms with Crippen LogP contribution in [-0.2, 0) is 17.9 Å². The smallest absolute Gasteiger partial charge is 0.299 e. The van der Waals surface area contributed by atoms with Crippen LogP contribution in [0.4, 0.5) is 15.8 Å². The van der Waals surface area contributed by atoms with Crippen molar-refractivity contribution in [3.05, 3.63) is 77.0 Å². The SMILES string of the molecule is O=C1C(=O)N(Cc2cn(CCNc3ccnc4cc(Cl)ccc34)nn2)c2ccc(F)cc21. The van der Waals surface area contributed by atoms with Crippen LogP contribution in [0.3, 0.4) is 0 Å². The second kappa shape index (κ2) is 8.01. The molecular weight excluding hydrogens is 435 g/mol. The number of nitrogens with zero attached hydrogens (tertiary/aromatic N) is 5. The monoisotopic (exact) mass is 450 g/mol. The highest BCUT2D eigenvalue weighted by atomic mass is 35.5. The molecule has 0 saturated heterocycles. The van der Waals surface area contributed by atoms with Crippen LogP contribution in [0.2, 0.25) is 5.02 Å². The first-order chi connectivity index (χ1) is 15.5. The molecule has 0 saturated carbocycles. The van der Waals surface area contributed by atoms with Gasteiger partial charge in [-0.25, -0.2) is 4.39 Å². The first-order valence-corrected chi connectivity index (χ1v) is 10.2. The molecule has 1 aliphatic heterocycles. The zero-order valence-electron chi connectivity index (χ0n) is 16.6. The molecule has 32 heavy (non-hydrogen) atoms. The van der Waals surface area contributed by atoms with Gasteiger partial charge < -0.3 is 5.32 Å². The van der Waals surface area contributed by atoms with Gasteiger partial charge in [0.2, 0.25) is 0 Å². The van der Waals surface area contributed by atoms with Gasteiger partial charge in [0, 0.05) is 28.8 Å². The van der Waals surface area contributed by atoms with Crippen molar-refractivity contribution >= 4 is 45.6 Å². The highest BCUT2D eigenvalue weighted by molar-refractivity contribution is 6.52. The molecule has 3 heterocycles. The molecule has 0 bridgehead atoms. The van der Waals surface area contributed by atoms with E-state index in [1.54, 1.807) is 17.1 Å². The van der Waals surface area contributed by atoms with Gasteiger partial charge in [0.15, 0.2) is 0 Å². The predicted molar refractivity (Wildman–Crippen MR) is 117 cm³/mol. The summed E-state index contributed by atoms with van der Waals surface area (Å²) in [5.74, 6) is -1.98. The minimum atomic E-state index is -0.720. The summed E-state index contributed by atoms with van der Waals surface area (Å²) in [4.78, 5) is 30.1. The van der Waals surface area contributed by atoms with E-state index in [1.165, 1.54) is 17.0 Å². The maximum atomic E-state index is 13.4. The summed E-state index contributed by atoms with van der Waals surface area (Å²) in [5.41, 5.74) is 2.69. The van der Waals surface area contributed by atoms with Gasteiger partial charge in [-0.2, -0.15) is 0 Å². The summed E-state index contributed by atoms with van der Waals surface area (Å²) >= 11 is 6.03. The lowest BCUT2D eigenvalue weighted by atomic mass is 10.1. The van der Waals surface area contributed by atoms with Crippen LogP contribution in [0.5, 0.6) is 0 Å². The molecular formula is C22H16ClFN6O2. The summed E-state index contributed by atoms with van der Waals surface area (Å²) in [5, 5.41) is 13.1. The van der Waals surface area contributed by atoms with Gasteiger partial charge in [-0.15, -0.1) is 5.10 Å². The van der Waals surface area contributed by atoms with Crippen LogP contribution in [0.25, 0.3) is 10.9 Å². The van der Waals surface area contributed by atoms with Crippen LogP contribution in [0, 0.1) is 5.82 Å². The average Bonchev–Trinajstić information content (AvgIpc) is 3.32. The number of benzene rings is 2. The number of amides is 1. The van der Waals surface area contributed by atoms with Gasteiger partial charge in [-0.1, -0.05) is 16.8 Å². The van der Waals surface area contributed by atoms with Crippen LogP contribution < -0.4 is 10.2 Å². The molecule has 0 fully saturated rings. The number of hydrogen-bond acceptors (Lipinski definition) is 6. The predicted octanol–water partition coefficient (Wildman–Crippen LogP) is 3.46. The Labute approximate surface area is 186 Å². The molecule has 0 spiro atoms. The molecule has 0 atom stereocenters. The van der Waals surface area contributed by atoms with Crippen LogP contribution >= 0.6 is 11.6 Å². The van der Waals surface area contributed by atoms with Crippen molar-refractivity contribution in [3.8, 4) is 0 Å². The zero-order valence-corrected chi connectivity index (χ0v) is 17.4. The highest BCUT2D eigenvalue weighted by Crippen LogP contribution is 2.30.